The normalized spacial score (nSPS) is 12.6. The van der Waals surface area contributed by atoms with Crippen LogP contribution in [-0.4, -0.2) is 27.1 Å². The molecule has 0 radical (unpaired) electrons. The molecule has 0 aliphatic heterocycles. The second-order valence-electron chi connectivity index (χ2n) is 4.65. The fourth-order valence-electron chi connectivity index (χ4n) is 2.09. The smallest absolute Gasteiger partial charge is 0.307 e. The van der Waals surface area contributed by atoms with Gasteiger partial charge in [-0.2, -0.15) is 0 Å². The lowest BCUT2D eigenvalue weighted by Gasteiger charge is -2.09. The number of hydrogen-bond donors (Lipinski definition) is 0. The van der Waals surface area contributed by atoms with Crippen LogP contribution in [0.15, 0.2) is 12.3 Å². The molecule has 0 saturated carbocycles. The fraction of sp³-hybridized carbons (Fsp3) is 0.500. The number of hydrogen-bond acceptors (Lipinski definition) is 4. The number of carbonyl (C=O) groups is 1. The first-order chi connectivity index (χ1) is 9.52. The number of aromatic nitrogens is 3. The van der Waals surface area contributed by atoms with Crippen molar-refractivity contribution in [1.29, 1.82) is 0 Å². The van der Waals surface area contributed by atoms with Gasteiger partial charge in [-0.15, -0.1) is 11.6 Å². The molecule has 6 heteroatoms. The Morgan fingerprint density at radius 1 is 1.55 bits per heavy atom. The first-order valence-corrected chi connectivity index (χ1v) is 7.09. The molecule has 2 aromatic rings. The molecule has 0 amide bonds. The SMILES string of the molecule is CCOC(=O)CCn1c(C(C)Cl)nc2cc(C)cnc21. The van der Waals surface area contributed by atoms with Crippen LogP contribution in [0.1, 0.15) is 37.0 Å². The molecule has 20 heavy (non-hydrogen) atoms. The molecule has 2 aromatic heterocycles. The van der Waals surface area contributed by atoms with Crippen LogP contribution < -0.4 is 0 Å². The molecule has 2 rings (SSSR count). The standard InChI is InChI=1S/C14H18ClN3O2/c1-4-20-12(19)5-6-18-13(10(3)15)17-11-7-9(2)8-16-14(11)18/h7-8,10H,4-6H2,1-3H3. The van der Waals surface area contributed by atoms with Crippen molar-refractivity contribution in [2.24, 2.45) is 0 Å². The first kappa shape index (κ1) is 14.8. The zero-order valence-electron chi connectivity index (χ0n) is 11.9. The van der Waals surface area contributed by atoms with Gasteiger partial charge in [0.15, 0.2) is 5.65 Å². The van der Waals surface area contributed by atoms with Crippen molar-refractivity contribution in [2.45, 2.75) is 39.1 Å². The Morgan fingerprint density at radius 2 is 2.30 bits per heavy atom. The predicted molar refractivity (Wildman–Crippen MR) is 77.8 cm³/mol. The lowest BCUT2D eigenvalue weighted by Crippen LogP contribution is -2.11. The Hall–Kier alpha value is -1.62. The number of imidazole rings is 1. The highest BCUT2D eigenvalue weighted by molar-refractivity contribution is 6.20. The van der Waals surface area contributed by atoms with Gasteiger partial charge < -0.3 is 9.30 Å². The van der Waals surface area contributed by atoms with Gasteiger partial charge in [0.05, 0.1) is 18.4 Å². The van der Waals surface area contributed by atoms with Gasteiger partial charge >= 0.3 is 5.97 Å². The van der Waals surface area contributed by atoms with Crippen LogP contribution >= 0.6 is 11.6 Å². The van der Waals surface area contributed by atoms with E-state index in [1.165, 1.54) is 0 Å². The number of rotatable bonds is 5. The molecule has 0 aliphatic rings. The van der Waals surface area contributed by atoms with Crippen LogP contribution in [0.2, 0.25) is 0 Å². The molecule has 0 aliphatic carbocycles. The molecule has 108 valence electrons. The van der Waals surface area contributed by atoms with Gasteiger partial charge in [-0.25, -0.2) is 9.97 Å². The Morgan fingerprint density at radius 3 is 2.95 bits per heavy atom. The summed E-state index contributed by atoms with van der Waals surface area (Å²) in [6, 6.07) is 1.96. The van der Waals surface area contributed by atoms with Crippen LogP contribution in [0.4, 0.5) is 0 Å². The summed E-state index contributed by atoms with van der Waals surface area (Å²) in [5.74, 6) is 0.499. The number of fused-ring (bicyclic) bond motifs is 1. The van der Waals surface area contributed by atoms with E-state index >= 15 is 0 Å². The van der Waals surface area contributed by atoms with E-state index in [1.807, 2.05) is 24.5 Å². The highest BCUT2D eigenvalue weighted by atomic mass is 35.5. The average Bonchev–Trinajstić information content (AvgIpc) is 2.74. The molecule has 0 aromatic carbocycles. The minimum absolute atomic E-state index is 0.227. The van der Waals surface area contributed by atoms with Gasteiger partial charge in [0.25, 0.3) is 0 Å². The van der Waals surface area contributed by atoms with Gasteiger partial charge in [-0.1, -0.05) is 0 Å². The molecular weight excluding hydrogens is 278 g/mol. The number of nitrogens with zero attached hydrogens (tertiary/aromatic N) is 3. The summed E-state index contributed by atoms with van der Waals surface area (Å²) in [6.07, 6.45) is 2.07. The van der Waals surface area contributed by atoms with Crippen molar-refractivity contribution in [1.82, 2.24) is 14.5 Å². The van der Waals surface area contributed by atoms with E-state index in [4.69, 9.17) is 16.3 Å². The molecule has 0 spiro atoms. The first-order valence-electron chi connectivity index (χ1n) is 6.65. The minimum Gasteiger partial charge on any atom is -0.466 e. The second-order valence-corrected chi connectivity index (χ2v) is 5.30. The second kappa shape index (κ2) is 6.22. The Balaban J connectivity index is 2.34. The molecule has 2 heterocycles. The van der Waals surface area contributed by atoms with Gasteiger partial charge in [-0.05, 0) is 32.4 Å². The monoisotopic (exact) mass is 295 g/mol. The Kier molecular flexibility index (Phi) is 4.60. The van der Waals surface area contributed by atoms with Gasteiger partial charge in [0.2, 0.25) is 0 Å². The van der Waals surface area contributed by atoms with Crippen molar-refractivity contribution in [3.63, 3.8) is 0 Å². The minimum atomic E-state index is -0.244. The van der Waals surface area contributed by atoms with E-state index in [2.05, 4.69) is 9.97 Å². The quantitative estimate of drug-likeness (QED) is 0.628. The third-order valence-electron chi connectivity index (χ3n) is 2.95. The third kappa shape index (κ3) is 3.10. The van der Waals surface area contributed by atoms with Crippen LogP contribution in [0.5, 0.6) is 0 Å². The highest BCUT2D eigenvalue weighted by Crippen LogP contribution is 2.24. The molecule has 1 unspecified atom stereocenters. The summed E-state index contributed by atoms with van der Waals surface area (Å²) < 4.78 is 6.84. The van der Waals surface area contributed by atoms with E-state index in [9.17, 15) is 4.79 Å². The van der Waals surface area contributed by atoms with Crippen LogP contribution in [0.25, 0.3) is 11.2 Å². The maximum Gasteiger partial charge on any atom is 0.307 e. The van der Waals surface area contributed by atoms with E-state index in [1.54, 1.807) is 13.1 Å². The zero-order chi connectivity index (χ0) is 14.7. The Labute approximate surface area is 122 Å². The number of ether oxygens (including phenoxy) is 1. The summed E-state index contributed by atoms with van der Waals surface area (Å²) in [6.45, 7) is 6.48. The number of alkyl halides is 1. The van der Waals surface area contributed by atoms with Crippen molar-refractivity contribution in [3.05, 3.63) is 23.7 Å². The number of pyridine rings is 1. The number of halogens is 1. The Bertz CT molecular complexity index is 622. The summed E-state index contributed by atoms with van der Waals surface area (Å²) in [4.78, 5) is 20.4. The van der Waals surface area contributed by atoms with Crippen molar-refractivity contribution in [2.75, 3.05) is 6.61 Å². The van der Waals surface area contributed by atoms with Gasteiger partial charge in [-0.3, -0.25) is 4.79 Å². The van der Waals surface area contributed by atoms with E-state index in [0.717, 1.165) is 22.6 Å². The van der Waals surface area contributed by atoms with E-state index in [0.29, 0.717) is 13.2 Å². The number of esters is 1. The number of aryl methyl sites for hydroxylation is 2. The zero-order valence-corrected chi connectivity index (χ0v) is 12.6. The van der Waals surface area contributed by atoms with Crippen molar-refractivity contribution < 1.29 is 9.53 Å². The molecule has 0 fully saturated rings. The maximum absolute atomic E-state index is 11.5. The van der Waals surface area contributed by atoms with E-state index < -0.39 is 0 Å². The largest absolute Gasteiger partial charge is 0.466 e. The maximum atomic E-state index is 11.5. The molecule has 0 bridgehead atoms. The van der Waals surface area contributed by atoms with E-state index in [-0.39, 0.29) is 17.8 Å². The number of carbonyl (C=O) groups excluding carboxylic acids is 1. The molecule has 1 atom stereocenters. The molecular formula is C14H18ClN3O2. The summed E-state index contributed by atoms with van der Waals surface area (Å²) in [5.41, 5.74) is 2.60. The molecule has 0 saturated heterocycles. The lowest BCUT2D eigenvalue weighted by molar-refractivity contribution is -0.143. The summed E-state index contributed by atoms with van der Waals surface area (Å²) in [5, 5.41) is -0.244. The van der Waals surface area contributed by atoms with Crippen LogP contribution in [0.3, 0.4) is 0 Å². The van der Waals surface area contributed by atoms with Crippen molar-refractivity contribution in [3.8, 4) is 0 Å². The van der Waals surface area contributed by atoms with Gasteiger partial charge in [0, 0.05) is 12.7 Å². The topological polar surface area (TPSA) is 57.0 Å². The highest BCUT2D eigenvalue weighted by Gasteiger charge is 2.17. The summed E-state index contributed by atoms with van der Waals surface area (Å²) >= 11 is 6.17. The summed E-state index contributed by atoms with van der Waals surface area (Å²) in [7, 11) is 0. The van der Waals surface area contributed by atoms with Gasteiger partial charge in [0.1, 0.15) is 11.3 Å². The fourth-order valence-corrected chi connectivity index (χ4v) is 2.26. The van der Waals surface area contributed by atoms with Crippen molar-refractivity contribution >= 4 is 28.7 Å². The van der Waals surface area contributed by atoms with Crippen LogP contribution in [-0.2, 0) is 16.1 Å². The molecule has 5 nitrogen and oxygen atoms in total. The predicted octanol–water partition coefficient (Wildman–Crippen LogP) is 2.99. The lowest BCUT2D eigenvalue weighted by atomic mass is 10.3. The average molecular weight is 296 g/mol. The molecule has 0 N–H and O–H groups in total. The van der Waals surface area contributed by atoms with Crippen LogP contribution in [0, 0.1) is 6.92 Å². The third-order valence-corrected chi connectivity index (χ3v) is 3.15.